The summed E-state index contributed by atoms with van der Waals surface area (Å²) in [7, 11) is 0. The molecule has 0 saturated carbocycles. The Kier molecular flexibility index (Phi) is 5.17. The van der Waals surface area contributed by atoms with Crippen molar-refractivity contribution in [3.63, 3.8) is 0 Å². The smallest absolute Gasteiger partial charge is 0.305 e. The molecule has 110 valence electrons. The highest BCUT2D eigenvalue weighted by Crippen LogP contribution is 2.23. The molecule has 0 spiro atoms. The van der Waals surface area contributed by atoms with Crippen LogP contribution in [0.5, 0.6) is 0 Å². The van der Waals surface area contributed by atoms with Crippen LogP contribution in [0, 0.1) is 6.92 Å². The largest absolute Gasteiger partial charge is 0.481 e. The zero-order valence-corrected chi connectivity index (χ0v) is 13.0. The standard InChI is InChI=1S/C15H20ClNO3/c1-10-5-6-11(12(16)9-10)14(20)17(15(2,3)4)8-7-13(18)19/h5-6,9H,7-8H2,1-4H3,(H,18,19). The van der Waals surface area contributed by atoms with E-state index in [2.05, 4.69) is 0 Å². The molecule has 4 nitrogen and oxygen atoms in total. The summed E-state index contributed by atoms with van der Waals surface area (Å²) in [6, 6.07) is 5.23. The topological polar surface area (TPSA) is 57.6 Å². The van der Waals surface area contributed by atoms with Gasteiger partial charge in [0.15, 0.2) is 0 Å². The summed E-state index contributed by atoms with van der Waals surface area (Å²) in [6.45, 7) is 7.66. The lowest BCUT2D eigenvalue weighted by molar-refractivity contribution is -0.137. The number of nitrogens with zero attached hydrogens (tertiary/aromatic N) is 1. The molecule has 1 rings (SSSR count). The van der Waals surface area contributed by atoms with Crippen LogP contribution < -0.4 is 0 Å². The van der Waals surface area contributed by atoms with Gasteiger partial charge >= 0.3 is 5.97 Å². The van der Waals surface area contributed by atoms with Crippen molar-refractivity contribution in [2.75, 3.05) is 6.54 Å². The van der Waals surface area contributed by atoms with E-state index in [4.69, 9.17) is 16.7 Å². The summed E-state index contributed by atoms with van der Waals surface area (Å²) in [5.41, 5.74) is 0.901. The molecule has 1 aromatic carbocycles. The first-order valence-corrected chi connectivity index (χ1v) is 6.80. The number of aryl methyl sites for hydroxylation is 1. The third-order valence-electron chi connectivity index (χ3n) is 2.96. The molecule has 0 unspecified atom stereocenters. The zero-order chi connectivity index (χ0) is 15.5. The van der Waals surface area contributed by atoms with Crippen LogP contribution >= 0.6 is 11.6 Å². The van der Waals surface area contributed by atoms with E-state index in [1.165, 1.54) is 4.90 Å². The number of hydrogen-bond acceptors (Lipinski definition) is 2. The number of carbonyl (C=O) groups excluding carboxylic acids is 1. The SMILES string of the molecule is Cc1ccc(C(=O)N(CCC(=O)O)C(C)(C)C)c(Cl)c1. The number of aliphatic carboxylic acids is 1. The van der Waals surface area contributed by atoms with E-state index >= 15 is 0 Å². The fourth-order valence-electron chi connectivity index (χ4n) is 1.89. The Balaban J connectivity index is 3.07. The maximum atomic E-state index is 12.6. The number of benzene rings is 1. The molecule has 0 aliphatic rings. The van der Waals surface area contributed by atoms with Crippen LogP contribution in [0.2, 0.25) is 5.02 Å². The van der Waals surface area contributed by atoms with Gasteiger partial charge in [-0.15, -0.1) is 0 Å². The molecule has 0 aliphatic carbocycles. The van der Waals surface area contributed by atoms with Crippen LogP contribution in [0.3, 0.4) is 0 Å². The summed E-state index contributed by atoms with van der Waals surface area (Å²) in [5.74, 6) is -1.18. The van der Waals surface area contributed by atoms with E-state index in [1.807, 2.05) is 33.8 Å². The average Bonchev–Trinajstić information content (AvgIpc) is 2.26. The highest BCUT2D eigenvalue weighted by molar-refractivity contribution is 6.33. The Hall–Kier alpha value is -1.55. The van der Waals surface area contributed by atoms with Gasteiger partial charge in [0, 0.05) is 12.1 Å². The van der Waals surface area contributed by atoms with Crippen molar-refractivity contribution in [3.8, 4) is 0 Å². The van der Waals surface area contributed by atoms with Gasteiger partial charge in [0.1, 0.15) is 0 Å². The number of rotatable bonds is 4. The van der Waals surface area contributed by atoms with Crippen molar-refractivity contribution in [2.24, 2.45) is 0 Å². The van der Waals surface area contributed by atoms with Gasteiger partial charge in [-0.3, -0.25) is 9.59 Å². The molecule has 0 aromatic heterocycles. The molecule has 0 radical (unpaired) electrons. The van der Waals surface area contributed by atoms with Crippen molar-refractivity contribution in [1.82, 2.24) is 4.90 Å². The minimum atomic E-state index is -0.929. The van der Waals surface area contributed by atoms with Crippen molar-refractivity contribution in [3.05, 3.63) is 34.3 Å². The first-order valence-electron chi connectivity index (χ1n) is 6.43. The quantitative estimate of drug-likeness (QED) is 0.927. The van der Waals surface area contributed by atoms with E-state index in [0.29, 0.717) is 10.6 Å². The number of hydrogen-bond donors (Lipinski definition) is 1. The number of amides is 1. The lowest BCUT2D eigenvalue weighted by Crippen LogP contribution is -2.46. The third kappa shape index (κ3) is 4.23. The first-order chi connectivity index (χ1) is 9.12. The van der Waals surface area contributed by atoms with E-state index in [9.17, 15) is 9.59 Å². The predicted molar refractivity (Wildman–Crippen MR) is 79.2 cm³/mol. The molecule has 0 atom stereocenters. The summed E-state index contributed by atoms with van der Waals surface area (Å²) < 4.78 is 0. The van der Waals surface area contributed by atoms with Crippen LogP contribution in [0.25, 0.3) is 0 Å². The van der Waals surface area contributed by atoms with Gasteiger partial charge in [0.05, 0.1) is 17.0 Å². The molecule has 0 aliphatic heterocycles. The van der Waals surface area contributed by atoms with Crippen LogP contribution in [-0.2, 0) is 4.79 Å². The Morgan fingerprint density at radius 3 is 2.35 bits per heavy atom. The average molecular weight is 298 g/mol. The van der Waals surface area contributed by atoms with Crippen molar-refractivity contribution in [1.29, 1.82) is 0 Å². The van der Waals surface area contributed by atoms with Crippen molar-refractivity contribution < 1.29 is 14.7 Å². The Labute approximate surface area is 124 Å². The summed E-state index contributed by atoms with van der Waals surface area (Å²) in [6.07, 6.45) is -0.0908. The number of halogens is 1. The highest BCUT2D eigenvalue weighted by atomic mass is 35.5. The number of carboxylic acids is 1. The summed E-state index contributed by atoms with van der Waals surface area (Å²) in [4.78, 5) is 24.9. The maximum absolute atomic E-state index is 12.6. The molecule has 1 N–H and O–H groups in total. The van der Waals surface area contributed by atoms with E-state index in [-0.39, 0.29) is 18.9 Å². The van der Waals surface area contributed by atoms with E-state index in [1.54, 1.807) is 12.1 Å². The predicted octanol–water partition coefficient (Wildman–Crippen LogP) is 3.36. The monoisotopic (exact) mass is 297 g/mol. The Morgan fingerprint density at radius 2 is 1.90 bits per heavy atom. The van der Waals surface area contributed by atoms with E-state index in [0.717, 1.165) is 5.56 Å². The normalized spacial score (nSPS) is 11.2. The fraction of sp³-hybridized carbons (Fsp3) is 0.467. The third-order valence-corrected chi connectivity index (χ3v) is 3.27. The van der Waals surface area contributed by atoms with Crippen molar-refractivity contribution >= 4 is 23.5 Å². The molecule has 0 fully saturated rings. The number of carboxylic acid groups (broad SMARTS) is 1. The second kappa shape index (κ2) is 6.27. The second-order valence-corrected chi connectivity index (χ2v) is 6.16. The second-order valence-electron chi connectivity index (χ2n) is 5.75. The lowest BCUT2D eigenvalue weighted by Gasteiger charge is -2.35. The molecular formula is C15H20ClNO3. The highest BCUT2D eigenvalue weighted by Gasteiger charge is 2.28. The van der Waals surface area contributed by atoms with Crippen LogP contribution in [0.1, 0.15) is 43.1 Å². The molecule has 1 aromatic rings. The molecule has 0 heterocycles. The van der Waals surface area contributed by atoms with Gasteiger partial charge in [0.2, 0.25) is 0 Å². The number of carbonyl (C=O) groups is 2. The summed E-state index contributed by atoms with van der Waals surface area (Å²) in [5, 5.41) is 9.20. The maximum Gasteiger partial charge on any atom is 0.305 e. The van der Waals surface area contributed by atoms with Crippen LogP contribution in [0.15, 0.2) is 18.2 Å². The minimum absolute atomic E-state index is 0.0908. The minimum Gasteiger partial charge on any atom is -0.481 e. The molecule has 1 amide bonds. The van der Waals surface area contributed by atoms with E-state index < -0.39 is 11.5 Å². The van der Waals surface area contributed by atoms with Gasteiger partial charge in [-0.1, -0.05) is 17.7 Å². The molecule has 0 saturated heterocycles. The van der Waals surface area contributed by atoms with Gasteiger partial charge < -0.3 is 10.0 Å². The Morgan fingerprint density at radius 1 is 1.30 bits per heavy atom. The van der Waals surface area contributed by atoms with Gasteiger partial charge in [-0.2, -0.15) is 0 Å². The van der Waals surface area contributed by atoms with Crippen LogP contribution in [-0.4, -0.2) is 34.0 Å². The summed E-state index contributed by atoms with van der Waals surface area (Å²) >= 11 is 6.12. The molecular weight excluding hydrogens is 278 g/mol. The zero-order valence-electron chi connectivity index (χ0n) is 12.2. The molecule has 0 bridgehead atoms. The van der Waals surface area contributed by atoms with Gasteiger partial charge in [0.25, 0.3) is 5.91 Å². The van der Waals surface area contributed by atoms with Gasteiger partial charge in [-0.05, 0) is 45.4 Å². The Bertz CT molecular complexity index is 520. The fourth-order valence-corrected chi connectivity index (χ4v) is 2.20. The van der Waals surface area contributed by atoms with Crippen LogP contribution in [0.4, 0.5) is 0 Å². The lowest BCUT2D eigenvalue weighted by atomic mass is 10.0. The first kappa shape index (κ1) is 16.5. The van der Waals surface area contributed by atoms with Crippen molar-refractivity contribution in [2.45, 2.75) is 39.7 Å². The molecule has 5 heteroatoms. The van der Waals surface area contributed by atoms with Gasteiger partial charge in [-0.25, -0.2) is 0 Å². The molecule has 20 heavy (non-hydrogen) atoms.